The van der Waals surface area contributed by atoms with Crippen molar-refractivity contribution in [3.8, 4) is 22.6 Å². The van der Waals surface area contributed by atoms with Crippen LogP contribution in [-0.4, -0.2) is 72.3 Å². The van der Waals surface area contributed by atoms with Crippen molar-refractivity contribution in [2.75, 3.05) is 40.4 Å². The second kappa shape index (κ2) is 15.5. The number of fused-ring (bicyclic) bond motifs is 8. The Bertz CT molecular complexity index is 2290. The number of methoxy groups -OCH3 is 2. The molecule has 4 aromatic carbocycles. The zero-order chi connectivity index (χ0) is 39.3. The zero-order valence-electron chi connectivity index (χ0n) is 33.8. The molecule has 0 radical (unpaired) electrons. The Labute approximate surface area is 343 Å². The van der Waals surface area contributed by atoms with Crippen molar-refractivity contribution in [2.24, 2.45) is 23.7 Å². The van der Waals surface area contributed by atoms with Crippen LogP contribution < -0.4 is 9.47 Å². The molecule has 6 aliphatic rings. The molecule has 0 aliphatic carbocycles. The van der Waals surface area contributed by atoms with Crippen LogP contribution in [0.1, 0.15) is 59.8 Å². The highest BCUT2D eigenvalue weighted by molar-refractivity contribution is 5.86. The second-order valence-corrected chi connectivity index (χ2v) is 17.3. The number of piperidine rings is 6. The Morgan fingerprint density at radius 3 is 1.38 bits per heavy atom. The van der Waals surface area contributed by atoms with Crippen LogP contribution >= 0.6 is 0 Å². The van der Waals surface area contributed by atoms with E-state index < -0.39 is 0 Å². The Morgan fingerprint density at radius 1 is 0.586 bits per heavy atom. The number of rotatable bonds is 11. The Morgan fingerprint density at radius 2 is 1.02 bits per heavy atom. The van der Waals surface area contributed by atoms with Gasteiger partial charge in [0, 0.05) is 60.2 Å². The maximum Gasteiger partial charge on any atom is 0.119 e. The van der Waals surface area contributed by atoms with Crippen LogP contribution in [0.2, 0.25) is 0 Å². The number of pyridine rings is 2. The van der Waals surface area contributed by atoms with Crippen molar-refractivity contribution in [3.05, 3.63) is 157 Å². The number of benzene rings is 4. The van der Waals surface area contributed by atoms with Gasteiger partial charge >= 0.3 is 0 Å². The van der Waals surface area contributed by atoms with Crippen LogP contribution in [0.5, 0.6) is 11.5 Å². The van der Waals surface area contributed by atoms with Crippen molar-refractivity contribution < 1.29 is 9.47 Å². The van der Waals surface area contributed by atoms with Gasteiger partial charge < -0.3 is 9.47 Å². The van der Waals surface area contributed by atoms with Gasteiger partial charge in [0.05, 0.1) is 25.3 Å². The maximum absolute atomic E-state index is 5.72. The molecule has 6 aliphatic heterocycles. The van der Waals surface area contributed by atoms with E-state index in [9.17, 15) is 0 Å². The zero-order valence-corrected chi connectivity index (χ0v) is 33.8. The topological polar surface area (TPSA) is 50.7 Å². The average Bonchev–Trinajstić information content (AvgIpc) is 3.30. The summed E-state index contributed by atoms with van der Waals surface area (Å²) in [6.45, 7) is 12.9. The fourth-order valence-corrected chi connectivity index (χ4v) is 11.5. The summed E-state index contributed by atoms with van der Waals surface area (Å²) in [6, 6.07) is 36.8. The van der Waals surface area contributed by atoms with Gasteiger partial charge in [0.25, 0.3) is 0 Å². The molecule has 2 unspecified atom stereocenters. The Hall–Kier alpha value is -5.30. The van der Waals surface area contributed by atoms with Gasteiger partial charge in [-0.3, -0.25) is 19.8 Å². The van der Waals surface area contributed by atoms with Gasteiger partial charge in [0.1, 0.15) is 11.5 Å². The van der Waals surface area contributed by atoms with Gasteiger partial charge in [-0.1, -0.05) is 60.7 Å². The first kappa shape index (κ1) is 37.0. The van der Waals surface area contributed by atoms with Gasteiger partial charge in [0.2, 0.25) is 0 Å². The minimum Gasteiger partial charge on any atom is -0.497 e. The lowest BCUT2D eigenvalue weighted by atomic mass is 9.69. The summed E-state index contributed by atoms with van der Waals surface area (Å²) in [5.74, 6) is 4.64. The predicted molar refractivity (Wildman–Crippen MR) is 236 cm³/mol. The van der Waals surface area contributed by atoms with E-state index in [1.807, 2.05) is 24.5 Å². The van der Waals surface area contributed by atoms with E-state index in [1.165, 1.54) is 69.8 Å². The van der Waals surface area contributed by atoms with E-state index in [2.05, 4.69) is 120 Å². The van der Waals surface area contributed by atoms with Crippen LogP contribution in [0.15, 0.2) is 135 Å². The molecular formula is C52H54N4O2. The lowest BCUT2D eigenvalue weighted by Gasteiger charge is -2.52. The normalized spacial score (nSPS) is 27.3. The first-order valence-corrected chi connectivity index (χ1v) is 21.3. The summed E-state index contributed by atoms with van der Waals surface area (Å²) in [5, 5.41) is 2.35. The fourth-order valence-electron chi connectivity index (χ4n) is 11.5. The molecule has 12 rings (SSSR count). The van der Waals surface area contributed by atoms with Crippen LogP contribution in [0.3, 0.4) is 0 Å². The molecule has 58 heavy (non-hydrogen) atoms. The molecule has 4 bridgehead atoms. The monoisotopic (exact) mass is 766 g/mol. The molecule has 6 fully saturated rings. The molecule has 6 saturated heterocycles. The maximum atomic E-state index is 5.72. The summed E-state index contributed by atoms with van der Waals surface area (Å²) >= 11 is 0. The highest BCUT2D eigenvalue weighted by Gasteiger charge is 2.44. The van der Waals surface area contributed by atoms with E-state index in [-0.39, 0.29) is 11.8 Å². The first-order chi connectivity index (χ1) is 28.5. The first-order valence-electron chi connectivity index (χ1n) is 21.3. The largest absolute Gasteiger partial charge is 0.497 e. The third-order valence-electron chi connectivity index (χ3n) is 14.6. The van der Waals surface area contributed by atoms with Crippen LogP contribution in [-0.2, 0) is 0 Å². The fraction of sp³-hybridized carbons (Fsp3) is 0.346. The van der Waals surface area contributed by atoms with E-state index in [1.54, 1.807) is 14.2 Å². The average molecular weight is 767 g/mol. The van der Waals surface area contributed by atoms with Gasteiger partial charge in [0.15, 0.2) is 0 Å². The highest BCUT2D eigenvalue weighted by Crippen LogP contribution is 2.48. The van der Waals surface area contributed by atoms with Crippen molar-refractivity contribution in [1.82, 2.24) is 19.8 Å². The van der Waals surface area contributed by atoms with Crippen LogP contribution in [0, 0.1) is 23.7 Å². The van der Waals surface area contributed by atoms with E-state index in [4.69, 9.17) is 19.4 Å². The van der Waals surface area contributed by atoms with Crippen molar-refractivity contribution in [1.29, 1.82) is 0 Å². The molecule has 0 amide bonds. The molecule has 6 heteroatoms. The third kappa shape index (κ3) is 6.51. The van der Waals surface area contributed by atoms with E-state index in [0.717, 1.165) is 48.7 Å². The number of hydrogen-bond donors (Lipinski definition) is 0. The van der Waals surface area contributed by atoms with Crippen LogP contribution in [0.4, 0.5) is 0 Å². The number of hydrogen-bond acceptors (Lipinski definition) is 6. The highest BCUT2D eigenvalue weighted by atomic mass is 16.5. The molecule has 0 N–H and O–H groups in total. The lowest BCUT2D eigenvalue weighted by Crippen LogP contribution is -2.55. The van der Waals surface area contributed by atoms with E-state index in [0.29, 0.717) is 35.8 Å². The minimum absolute atomic E-state index is 0.207. The van der Waals surface area contributed by atoms with Gasteiger partial charge in [-0.25, -0.2) is 0 Å². The molecule has 10 atom stereocenters. The summed E-state index contributed by atoms with van der Waals surface area (Å²) in [7, 11) is 3.49. The quantitative estimate of drug-likeness (QED) is 0.122. The van der Waals surface area contributed by atoms with Crippen molar-refractivity contribution in [3.63, 3.8) is 0 Å². The molecular weight excluding hydrogens is 713 g/mol. The Kier molecular flexibility index (Phi) is 9.87. The summed E-state index contributed by atoms with van der Waals surface area (Å²) in [4.78, 5) is 15.0. The summed E-state index contributed by atoms with van der Waals surface area (Å²) in [5.41, 5.74) is 9.84. The molecule has 294 valence electrons. The molecule has 0 saturated carbocycles. The van der Waals surface area contributed by atoms with Gasteiger partial charge in [-0.05, 0) is 144 Å². The van der Waals surface area contributed by atoms with E-state index >= 15 is 0 Å². The molecule has 2 aromatic heterocycles. The lowest BCUT2D eigenvalue weighted by molar-refractivity contribution is 0.0121. The van der Waals surface area contributed by atoms with Gasteiger partial charge in [-0.15, -0.1) is 13.2 Å². The molecule has 8 heterocycles. The van der Waals surface area contributed by atoms with Crippen molar-refractivity contribution >= 4 is 21.8 Å². The number of ether oxygens (including phenoxy) is 2. The van der Waals surface area contributed by atoms with Crippen LogP contribution in [0.25, 0.3) is 32.9 Å². The second-order valence-electron chi connectivity index (χ2n) is 17.3. The standard InChI is InChI=1S/C52H54N4O2/c1-5-33-31-55-25-21-39(33)27-49(55)51(43-19-23-53-47-17-15-41(57-3)29-45(43)47)37-11-7-35(8-12-37)36-9-13-38(14-10-36)52(50-28-40-22-26-56(50)32-34(40)6-2)44-20-24-54-48-18-16-42(58-4)30-46(44)48/h5-20,23-24,29-30,33-34,39-40,49-52H,1-2,21-22,25-28,31-32H2,3-4H3/t33-,34-,39-,40-,49-,50-,51-,52-/m0/s1. The molecule has 6 nitrogen and oxygen atoms in total. The molecule has 0 spiro atoms. The summed E-state index contributed by atoms with van der Waals surface area (Å²) < 4.78 is 11.4. The smallest absolute Gasteiger partial charge is 0.119 e. The summed E-state index contributed by atoms with van der Waals surface area (Å²) in [6.07, 6.45) is 13.2. The SMILES string of the molecule is C=C[C@H]1CN2CC[C@H]1C[C@H]2[C@@H](c1ccc(-c2ccc([C@@H](c3ccnc4ccc(OC)cc34)[C@@H]3C[C@@H]4CCN3C[C@@H]4C=C)cc2)cc1)c1ccnc2ccc(OC)cc12. The van der Waals surface area contributed by atoms with Gasteiger partial charge in [-0.2, -0.15) is 0 Å². The minimum atomic E-state index is 0.207. The van der Waals surface area contributed by atoms with Crippen molar-refractivity contribution in [2.45, 2.75) is 49.6 Å². The predicted octanol–water partition coefficient (Wildman–Crippen LogP) is 10.5. The number of aromatic nitrogens is 2. The third-order valence-corrected chi connectivity index (χ3v) is 14.6. The number of nitrogens with zero attached hydrogens (tertiary/aromatic N) is 4. The molecule has 6 aromatic rings. The Balaban J connectivity index is 1.01.